The number of rotatable bonds is 3. The number of hydrogen-bond acceptors (Lipinski definition) is 5. The van der Waals surface area contributed by atoms with Crippen molar-refractivity contribution >= 4 is 17.2 Å². The molecule has 6 nitrogen and oxygen atoms in total. The highest BCUT2D eigenvalue weighted by Gasteiger charge is 2.26. The van der Waals surface area contributed by atoms with Gasteiger partial charge >= 0.3 is 0 Å². The van der Waals surface area contributed by atoms with Gasteiger partial charge < -0.3 is 5.32 Å². The van der Waals surface area contributed by atoms with Crippen LogP contribution in [0.3, 0.4) is 0 Å². The molecule has 25 heavy (non-hydrogen) atoms. The van der Waals surface area contributed by atoms with Gasteiger partial charge in [-0.1, -0.05) is 6.07 Å². The first-order valence-electron chi connectivity index (χ1n) is 8.34. The zero-order valence-corrected chi connectivity index (χ0v) is 15.0. The summed E-state index contributed by atoms with van der Waals surface area (Å²) in [5.74, 6) is -0.0705. The summed E-state index contributed by atoms with van der Waals surface area (Å²) in [6.07, 6.45) is 6.62. The molecule has 0 saturated heterocycles. The van der Waals surface area contributed by atoms with Gasteiger partial charge in [0.1, 0.15) is 9.88 Å². The Morgan fingerprint density at radius 2 is 2.28 bits per heavy atom. The maximum atomic E-state index is 12.8. The summed E-state index contributed by atoms with van der Waals surface area (Å²) in [5.41, 5.74) is 3.88. The minimum atomic E-state index is -0.0705. The zero-order chi connectivity index (χ0) is 17.4. The van der Waals surface area contributed by atoms with E-state index in [4.69, 9.17) is 0 Å². The first-order chi connectivity index (χ1) is 12.1. The van der Waals surface area contributed by atoms with E-state index in [9.17, 15) is 4.79 Å². The van der Waals surface area contributed by atoms with Crippen molar-refractivity contribution in [3.8, 4) is 10.7 Å². The largest absolute Gasteiger partial charge is 0.344 e. The number of carbonyl (C=O) groups excluding carboxylic acids is 1. The van der Waals surface area contributed by atoms with Gasteiger partial charge in [0.15, 0.2) is 0 Å². The average molecular weight is 353 g/mol. The van der Waals surface area contributed by atoms with Crippen molar-refractivity contribution in [2.24, 2.45) is 7.05 Å². The molecule has 128 valence electrons. The van der Waals surface area contributed by atoms with Crippen LogP contribution in [0.1, 0.15) is 45.5 Å². The molecule has 1 amide bonds. The number of fused-ring (bicyclic) bond motifs is 1. The molecule has 0 saturated carbocycles. The Labute approximate surface area is 149 Å². The Bertz CT molecular complexity index is 915. The maximum Gasteiger partial charge on any atom is 0.263 e. The van der Waals surface area contributed by atoms with Crippen LogP contribution >= 0.6 is 11.3 Å². The van der Waals surface area contributed by atoms with E-state index in [1.165, 1.54) is 17.0 Å². The first kappa shape index (κ1) is 16.0. The number of nitrogens with zero attached hydrogens (tertiary/aromatic N) is 4. The van der Waals surface area contributed by atoms with Crippen LogP contribution < -0.4 is 5.32 Å². The molecule has 4 rings (SSSR count). The number of thiazole rings is 1. The lowest BCUT2D eigenvalue weighted by Gasteiger charge is -2.23. The molecule has 0 aliphatic heterocycles. The SMILES string of the molecule is Cc1nc(-c2ccccn2)sc1C(=O)NC1CCCc2c1cnn2C. The molecule has 3 aromatic heterocycles. The van der Waals surface area contributed by atoms with Crippen molar-refractivity contribution in [2.45, 2.75) is 32.2 Å². The highest BCUT2D eigenvalue weighted by Crippen LogP contribution is 2.31. The Morgan fingerprint density at radius 1 is 1.40 bits per heavy atom. The van der Waals surface area contributed by atoms with E-state index < -0.39 is 0 Å². The van der Waals surface area contributed by atoms with E-state index in [-0.39, 0.29) is 11.9 Å². The summed E-state index contributed by atoms with van der Waals surface area (Å²) in [6, 6.07) is 5.71. The van der Waals surface area contributed by atoms with Gasteiger partial charge in [-0.05, 0) is 38.3 Å². The van der Waals surface area contributed by atoms with Crippen LogP contribution in [-0.2, 0) is 13.5 Å². The Balaban J connectivity index is 1.57. The second kappa shape index (κ2) is 6.40. The summed E-state index contributed by atoms with van der Waals surface area (Å²) < 4.78 is 1.91. The molecule has 0 spiro atoms. The summed E-state index contributed by atoms with van der Waals surface area (Å²) in [5, 5.41) is 8.28. The number of carbonyl (C=O) groups is 1. The normalized spacial score (nSPS) is 16.5. The number of nitrogens with one attached hydrogen (secondary N) is 1. The van der Waals surface area contributed by atoms with Crippen molar-refractivity contribution in [3.63, 3.8) is 0 Å². The van der Waals surface area contributed by atoms with Crippen molar-refractivity contribution in [3.05, 3.63) is 52.4 Å². The van der Waals surface area contributed by atoms with Gasteiger partial charge in [0, 0.05) is 24.5 Å². The van der Waals surface area contributed by atoms with Gasteiger partial charge in [-0.25, -0.2) is 4.98 Å². The minimum absolute atomic E-state index is 0.0183. The average Bonchev–Trinajstić information content (AvgIpc) is 3.20. The second-order valence-electron chi connectivity index (χ2n) is 6.24. The van der Waals surface area contributed by atoms with Crippen molar-refractivity contribution in [1.82, 2.24) is 25.1 Å². The molecule has 1 unspecified atom stereocenters. The van der Waals surface area contributed by atoms with Crippen LogP contribution in [0.25, 0.3) is 10.7 Å². The lowest BCUT2D eigenvalue weighted by Crippen LogP contribution is -2.30. The molecule has 0 fully saturated rings. The van der Waals surface area contributed by atoms with Crippen LogP contribution in [0, 0.1) is 6.92 Å². The molecule has 0 bridgehead atoms. The molecule has 1 atom stereocenters. The number of hydrogen-bond donors (Lipinski definition) is 1. The van der Waals surface area contributed by atoms with E-state index in [0.29, 0.717) is 4.88 Å². The van der Waals surface area contributed by atoms with E-state index in [1.807, 2.05) is 43.0 Å². The van der Waals surface area contributed by atoms with Crippen LogP contribution in [0.4, 0.5) is 0 Å². The van der Waals surface area contributed by atoms with Crippen molar-refractivity contribution < 1.29 is 4.79 Å². The highest BCUT2D eigenvalue weighted by molar-refractivity contribution is 7.17. The monoisotopic (exact) mass is 353 g/mol. The second-order valence-corrected chi connectivity index (χ2v) is 7.24. The molecular formula is C18H19N5OS. The molecule has 1 aliphatic rings. The Hall–Kier alpha value is -2.54. The van der Waals surface area contributed by atoms with Crippen LogP contribution in [0.2, 0.25) is 0 Å². The number of aryl methyl sites for hydroxylation is 2. The lowest BCUT2D eigenvalue weighted by molar-refractivity contribution is 0.0936. The van der Waals surface area contributed by atoms with Gasteiger partial charge in [-0.3, -0.25) is 14.5 Å². The minimum Gasteiger partial charge on any atom is -0.344 e. The summed E-state index contributed by atoms with van der Waals surface area (Å²) in [4.78, 5) is 22.3. The van der Waals surface area contributed by atoms with E-state index in [0.717, 1.165) is 41.2 Å². The molecular weight excluding hydrogens is 334 g/mol. The fourth-order valence-electron chi connectivity index (χ4n) is 3.29. The van der Waals surface area contributed by atoms with Crippen LogP contribution in [0.15, 0.2) is 30.6 Å². The fourth-order valence-corrected chi connectivity index (χ4v) is 4.23. The highest BCUT2D eigenvalue weighted by atomic mass is 32.1. The first-order valence-corrected chi connectivity index (χ1v) is 9.15. The smallest absolute Gasteiger partial charge is 0.263 e. The molecule has 0 radical (unpaired) electrons. The Morgan fingerprint density at radius 3 is 3.08 bits per heavy atom. The molecule has 1 N–H and O–H groups in total. The summed E-state index contributed by atoms with van der Waals surface area (Å²) >= 11 is 1.39. The van der Waals surface area contributed by atoms with Crippen LogP contribution in [-0.4, -0.2) is 25.7 Å². The third kappa shape index (κ3) is 2.95. The van der Waals surface area contributed by atoms with Crippen molar-refractivity contribution in [1.29, 1.82) is 0 Å². The molecule has 1 aliphatic carbocycles. The number of aromatic nitrogens is 4. The summed E-state index contributed by atoms with van der Waals surface area (Å²) in [6.45, 7) is 1.87. The predicted octanol–water partition coefficient (Wildman–Crippen LogP) is 3.05. The van der Waals surface area contributed by atoms with E-state index >= 15 is 0 Å². The molecule has 3 heterocycles. The molecule has 3 aromatic rings. The quantitative estimate of drug-likeness (QED) is 0.785. The number of amides is 1. The van der Waals surface area contributed by atoms with Crippen LogP contribution in [0.5, 0.6) is 0 Å². The van der Waals surface area contributed by atoms with E-state index in [1.54, 1.807) is 6.20 Å². The fraction of sp³-hybridized carbons (Fsp3) is 0.333. The van der Waals surface area contributed by atoms with Gasteiger partial charge in [-0.2, -0.15) is 5.10 Å². The third-order valence-corrected chi connectivity index (χ3v) is 5.75. The van der Waals surface area contributed by atoms with Gasteiger partial charge in [0.2, 0.25) is 0 Å². The molecule has 0 aromatic carbocycles. The van der Waals surface area contributed by atoms with Crippen molar-refractivity contribution in [2.75, 3.05) is 0 Å². The zero-order valence-electron chi connectivity index (χ0n) is 14.2. The topological polar surface area (TPSA) is 72.7 Å². The van der Waals surface area contributed by atoms with Gasteiger partial charge in [0.25, 0.3) is 5.91 Å². The Kier molecular flexibility index (Phi) is 4.09. The number of pyridine rings is 1. The molecule has 7 heteroatoms. The summed E-state index contributed by atoms with van der Waals surface area (Å²) in [7, 11) is 1.95. The van der Waals surface area contributed by atoms with Gasteiger partial charge in [-0.15, -0.1) is 11.3 Å². The third-order valence-electron chi connectivity index (χ3n) is 4.57. The lowest BCUT2D eigenvalue weighted by atomic mass is 9.93. The predicted molar refractivity (Wildman–Crippen MR) is 96.4 cm³/mol. The van der Waals surface area contributed by atoms with E-state index in [2.05, 4.69) is 20.4 Å². The maximum absolute atomic E-state index is 12.8. The van der Waals surface area contributed by atoms with Gasteiger partial charge in [0.05, 0.1) is 23.6 Å². The standard InChI is InChI=1S/C18H19N5OS/c1-11-16(25-18(21-11)14-6-3-4-9-19-14)17(24)22-13-7-5-8-15-12(13)10-20-23(15)2/h3-4,6,9-10,13H,5,7-8H2,1-2H3,(H,22,24).